The molecular formula is C16H18N6O2. The summed E-state index contributed by atoms with van der Waals surface area (Å²) < 4.78 is 0. The molecule has 8 heteroatoms. The number of carbonyl (C=O) groups is 1. The molecule has 0 radical (unpaired) electrons. The van der Waals surface area contributed by atoms with Gasteiger partial charge in [0.25, 0.3) is 5.91 Å². The first-order chi connectivity index (χ1) is 11.6. The van der Waals surface area contributed by atoms with Crippen LogP contribution in [0.4, 0.5) is 0 Å². The molecule has 8 nitrogen and oxygen atoms in total. The molecule has 1 aliphatic heterocycles. The number of H-pyrrole nitrogens is 2. The standard InChI is InChI=1S/C16H18N6O2/c1-9-4-12(20-19-9)5-11-7-22(8-14(11)23)16(24)13-3-2-10-6-17-21-15(10)18-13/h2-4,6,11,14,23H,5,7-8H2,1H3,(H,19,20)(H,17,18,21)/t11-,14+/m1/s1. The van der Waals surface area contributed by atoms with Crippen LogP contribution in [0.15, 0.2) is 24.4 Å². The molecule has 1 amide bonds. The Bertz CT molecular complexity index is 885. The third-order valence-corrected chi connectivity index (χ3v) is 4.44. The van der Waals surface area contributed by atoms with Crippen molar-refractivity contribution >= 4 is 16.9 Å². The lowest BCUT2D eigenvalue weighted by molar-refractivity contribution is 0.0759. The molecule has 3 aromatic heterocycles. The summed E-state index contributed by atoms with van der Waals surface area (Å²) in [7, 11) is 0. The van der Waals surface area contributed by atoms with Gasteiger partial charge in [-0.2, -0.15) is 10.2 Å². The van der Waals surface area contributed by atoms with Crippen LogP contribution in [0.25, 0.3) is 11.0 Å². The zero-order valence-corrected chi connectivity index (χ0v) is 13.2. The summed E-state index contributed by atoms with van der Waals surface area (Å²) >= 11 is 0. The first-order valence-corrected chi connectivity index (χ1v) is 7.88. The lowest BCUT2D eigenvalue weighted by atomic mass is 10.0. The van der Waals surface area contributed by atoms with E-state index < -0.39 is 6.10 Å². The Hall–Kier alpha value is -2.74. The molecule has 0 aliphatic carbocycles. The van der Waals surface area contributed by atoms with Crippen LogP contribution in [-0.2, 0) is 6.42 Å². The molecule has 124 valence electrons. The molecular weight excluding hydrogens is 308 g/mol. The maximum absolute atomic E-state index is 12.7. The molecule has 0 unspecified atom stereocenters. The Morgan fingerprint density at radius 3 is 3.04 bits per heavy atom. The normalized spacial score (nSPS) is 20.8. The van der Waals surface area contributed by atoms with Gasteiger partial charge in [0.1, 0.15) is 5.69 Å². The van der Waals surface area contributed by atoms with Crippen LogP contribution in [0, 0.1) is 12.8 Å². The highest BCUT2D eigenvalue weighted by molar-refractivity contribution is 5.94. The van der Waals surface area contributed by atoms with E-state index in [2.05, 4.69) is 25.4 Å². The number of aliphatic hydroxyl groups is 1. The first-order valence-electron chi connectivity index (χ1n) is 7.88. The number of rotatable bonds is 3. The fourth-order valence-corrected chi connectivity index (χ4v) is 3.18. The second kappa shape index (κ2) is 5.72. The van der Waals surface area contributed by atoms with Gasteiger partial charge in [0, 0.05) is 30.1 Å². The molecule has 1 saturated heterocycles. The van der Waals surface area contributed by atoms with Gasteiger partial charge in [0.05, 0.1) is 18.0 Å². The predicted octanol–water partition coefficient (Wildman–Crippen LogP) is 0.665. The van der Waals surface area contributed by atoms with Gasteiger partial charge in [-0.1, -0.05) is 0 Å². The largest absolute Gasteiger partial charge is 0.391 e. The van der Waals surface area contributed by atoms with E-state index in [1.165, 1.54) is 0 Å². The topological polar surface area (TPSA) is 111 Å². The van der Waals surface area contributed by atoms with Crippen molar-refractivity contribution in [2.75, 3.05) is 13.1 Å². The number of pyridine rings is 1. The maximum atomic E-state index is 12.7. The Kier molecular flexibility index (Phi) is 3.53. The minimum atomic E-state index is -0.554. The maximum Gasteiger partial charge on any atom is 0.272 e. The van der Waals surface area contributed by atoms with E-state index in [0.29, 0.717) is 30.9 Å². The summed E-state index contributed by atoms with van der Waals surface area (Å²) in [6.07, 6.45) is 1.75. The van der Waals surface area contributed by atoms with Crippen molar-refractivity contribution < 1.29 is 9.90 Å². The van der Waals surface area contributed by atoms with Gasteiger partial charge >= 0.3 is 0 Å². The molecule has 1 fully saturated rings. The Morgan fingerprint density at radius 2 is 2.25 bits per heavy atom. The number of carbonyl (C=O) groups excluding carboxylic acids is 1. The van der Waals surface area contributed by atoms with E-state index in [-0.39, 0.29) is 11.8 Å². The number of nitrogens with zero attached hydrogens (tertiary/aromatic N) is 4. The van der Waals surface area contributed by atoms with E-state index in [9.17, 15) is 9.90 Å². The van der Waals surface area contributed by atoms with Gasteiger partial charge in [-0.3, -0.25) is 15.0 Å². The Labute approximate surface area is 137 Å². The number of likely N-dealkylation sites (tertiary alicyclic amines) is 1. The highest BCUT2D eigenvalue weighted by atomic mass is 16.3. The molecule has 0 spiro atoms. The smallest absolute Gasteiger partial charge is 0.272 e. The zero-order valence-electron chi connectivity index (χ0n) is 13.2. The van der Waals surface area contributed by atoms with Crippen molar-refractivity contribution in [3.05, 3.63) is 41.5 Å². The highest BCUT2D eigenvalue weighted by Gasteiger charge is 2.35. The second-order valence-electron chi connectivity index (χ2n) is 6.29. The van der Waals surface area contributed by atoms with Crippen molar-refractivity contribution in [2.24, 2.45) is 5.92 Å². The minimum Gasteiger partial charge on any atom is -0.391 e. The molecule has 4 rings (SSSR count). The van der Waals surface area contributed by atoms with E-state index in [1.807, 2.05) is 19.1 Å². The molecule has 3 N–H and O–H groups in total. The fraction of sp³-hybridized carbons (Fsp3) is 0.375. The van der Waals surface area contributed by atoms with E-state index in [4.69, 9.17) is 0 Å². The van der Waals surface area contributed by atoms with Crippen LogP contribution in [0.5, 0.6) is 0 Å². The molecule has 3 aromatic rings. The average molecular weight is 326 g/mol. The van der Waals surface area contributed by atoms with Gasteiger partial charge < -0.3 is 10.0 Å². The van der Waals surface area contributed by atoms with Crippen LogP contribution >= 0.6 is 0 Å². The van der Waals surface area contributed by atoms with Gasteiger partial charge in [-0.15, -0.1) is 0 Å². The van der Waals surface area contributed by atoms with Gasteiger partial charge in [-0.25, -0.2) is 4.98 Å². The van der Waals surface area contributed by atoms with E-state index in [0.717, 1.165) is 16.8 Å². The first kappa shape index (κ1) is 14.8. The summed E-state index contributed by atoms with van der Waals surface area (Å²) in [6, 6.07) is 5.47. The number of hydrogen-bond donors (Lipinski definition) is 3. The number of nitrogens with one attached hydrogen (secondary N) is 2. The third-order valence-electron chi connectivity index (χ3n) is 4.44. The Balaban J connectivity index is 1.49. The number of hydrogen-bond acceptors (Lipinski definition) is 5. The van der Waals surface area contributed by atoms with E-state index >= 15 is 0 Å². The molecule has 0 bridgehead atoms. The molecule has 24 heavy (non-hydrogen) atoms. The average Bonchev–Trinajstić information content (AvgIpc) is 3.27. The van der Waals surface area contributed by atoms with Crippen LogP contribution < -0.4 is 0 Å². The summed E-state index contributed by atoms with van der Waals surface area (Å²) in [5.41, 5.74) is 2.84. The quantitative estimate of drug-likeness (QED) is 0.655. The third kappa shape index (κ3) is 2.65. The van der Waals surface area contributed by atoms with Crippen LogP contribution in [0.2, 0.25) is 0 Å². The van der Waals surface area contributed by atoms with Gasteiger partial charge in [0.2, 0.25) is 0 Å². The predicted molar refractivity (Wildman–Crippen MR) is 86.3 cm³/mol. The van der Waals surface area contributed by atoms with Crippen molar-refractivity contribution in [2.45, 2.75) is 19.4 Å². The van der Waals surface area contributed by atoms with Crippen LogP contribution in [0.3, 0.4) is 0 Å². The fourth-order valence-electron chi connectivity index (χ4n) is 3.18. The number of aromatic nitrogens is 5. The summed E-state index contributed by atoms with van der Waals surface area (Å²) in [6.45, 7) is 2.75. The minimum absolute atomic E-state index is 0.0208. The summed E-state index contributed by atoms with van der Waals surface area (Å²) in [5.74, 6) is -0.196. The van der Waals surface area contributed by atoms with Crippen molar-refractivity contribution in [3.63, 3.8) is 0 Å². The Morgan fingerprint density at radius 1 is 1.38 bits per heavy atom. The monoisotopic (exact) mass is 326 g/mol. The number of aromatic amines is 2. The number of β-amino-alcohol motifs (C(OH)–C–C–N with tert-alkyl or cyclic N) is 1. The number of aryl methyl sites for hydroxylation is 1. The summed E-state index contributed by atoms with van der Waals surface area (Å²) in [4.78, 5) is 18.6. The SMILES string of the molecule is Cc1cc(C[C@@H]2CN(C(=O)c3ccc4cn[nH]c4n3)C[C@@H]2O)n[nH]1. The molecule has 4 heterocycles. The highest BCUT2D eigenvalue weighted by Crippen LogP contribution is 2.23. The lowest BCUT2D eigenvalue weighted by Crippen LogP contribution is -2.30. The van der Waals surface area contributed by atoms with Crippen molar-refractivity contribution in [1.82, 2.24) is 30.3 Å². The number of fused-ring (bicyclic) bond motifs is 1. The zero-order chi connectivity index (χ0) is 16.7. The summed E-state index contributed by atoms with van der Waals surface area (Å²) in [5, 5.41) is 24.9. The molecule has 0 saturated carbocycles. The van der Waals surface area contributed by atoms with Crippen molar-refractivity contribution in [1.29, 1.82) is 0 Å². The molecule has 2 atom stereocenters. The lowest BCUT2D eigenvalue weighted by Gasteiger charge is -2.15. The van der Waals surface area contributed by atoms with Gasteiger partial charge in [0.15, 0.2) is 5.65 Å². The number of aliphatic hydroxyl groups excluding tert-OH is 1. The molecule has 0 aromatic carbocycles. The number of amides is 1. The molecule has 1 aliphatic rings. The van der Waals surface area contributed by atoms with Crippen LogP contribution in [-0.4, -0.2) is 60.5 Å². The van der Waals surface area contributed by atoms with Crippen LogP contribution in [0.1, 0.15) is 21.9 Å². The van der Waals surface area contributed by atoms with Crippen molar-refractivity contribution in [3.8, 4) is 0 Å². The van der Waals surface area contributed by atoms with Gasteiger partial charge in [-0.05, 0) is 31.5 Å². The van der Waals surface area contributed by atoms with E-state index in [1.54, 1.807) is 17.2 Å². The second-order valence-corrected chi connectivity index (χ2v) is 6.29.